The third kappa shape index (κ3) is 5.57. The molecule has 0 bridgehead atoms. The van der Waals surface area contributed by atoms with Crippen LogP contribution in [0, 0.1) is 0 Å². The predicted molar refractivity (Wildman–Crippen MR) is 132 cm³/mol. The third-order valence-electron chi connectivity index (χ3n) is 5.99. The second kappa shape index (κ2) is 10.9. The van der Waals surface area contributed by atoms with Crippen LogP contribution >= 0.6 is 11.8 Å². The molecule has 0 saturated carbocycles. The van der Waals surface area contributed by atoms with Gasteiger partial charge in [0.25, 0.3) is 0 Å². The van der Waals surface area contributed by atoms with Crippen LogP contribution in [0.15, 0.2) is 59.8 Å². The van der Waals surface area contributed by atoms with Gasteiger partial charge in [-0.2, -0.15) is 0 Å². The average molecular weight is 466 g/mol. The first kappa shape index (κ1) is 23.3. The molecular formula is C25H31N5O2S. The summed E-state index contributed by atoms with van der Waals surface area (Å²) in [5, 5.41) is 12.4. The van der Waals surface area contributed by atoms with Gasteiger partial charge in [0.15, 0.2) is 11.0 Å². The van der Waals surface area contributed by atoms with Gasteiger partial charge in [-0.1, -0.05) is 36.4 Å². The van der Waals surface area contributed by atoms with E-state index in [0.29, 0.717) is 5.16 Å². The van der Waals surface area contributed by atoms with E-state index < -0.39 is 0 Å². The number of ether oxygens (including phenoxy) is 1. The molecule has 2 aromatic carbocycles. The maximum Gasteiger partial charge on any atom is 0.237 e. The maximum atomic E-state index is 12.8. The number of nitrogens with one attached hydrogen (secondary N) is 1. The van der Waals surface area contributed by atoms with Crippen molar-refractivity contribution in [2.24, 2.45) is 0 Å². The van der Waals surface area contributed by atoms with Gasteiger partial charge in [-0.3, -0.25) is 14.3 Å². The number of benzene rings is 2. The molecule has 1 aliphatic rings. The molecule has 0 unspecified atom stereocenters. The number of piperidine rings is 1. The molecule has 8 heteroatoms. The number of amides is 1. The van der Waals surface area contributed by atoms with Gasteiger partial charge < -0.3 is 10.1 Å². The van der Waals surface area contributed by atoms with Crippen LogP contribution in [0.5, 0.6) is 5.75 Å². The average Bonchev–Trinajstić information content (AvgIpc) is 3.28. The number of aromatic nitrogens is 3. The van der Waals surface area contributed by atoms with Crippen molar-refractivity contribution in [2.45, 2.75) is 49.6 Å². The van der Waals surface area contributed by atoms with Crippen molar-refractivity contribution in [3.63, 3.8) is 0 Å². The van der Waals surface area contributed by atoms with E-state index >= 15 is 0 Å². The molecule has 0 spiro atoms. The van der Waals surface area contributed by atoms with Gasteiger partial charge in [-0.15, -0.1) is 10.2 Å². The molecule has 1 fully saturated rings. The van der Waals surface area contributed by atoms with Crippen molar-refractivity contribution in [3.8, 4) is 11.4 Å². The second-order valence-corrected chi connectivity index (χ2v) is 9.57. The SMILES string of the molecule is COc1ccc(-n2c(S[C@H](C)C(=O)Nc3ccccc3)nnc2[C@@H](C)N2CCCCC2)cc1. The van der Waals surface area contributed by atoms with Gasteiger partial charge in [0.05, 0.1) is 18.4 Å². The minimum Gasteiger partial charge on any atom is -0.497 e. The Bertz CT molecular complexity index is 1050. The monoisotopic (exact) mass is 465 g/mol. The summed E-state index contributed by atoms with van der Waals surface area (Å²) < 4.78 is 7.41. The van der Waals surface area contributed by atoms with E-state index in [4.69, 9.17) is 4.74 Å². The van der Waals surface area contributed by atoms with E-state index in [1.807, 2.05) is 61.5 Å². The zero-order chi connectivity index (χ0) is 23.2. The van der Waals surface area contributed by atoms with Crippen LogP contribution in [0.25, 0.3) is 5.69 Å². The summed E-state index contributed by atoms with van der Waals surface area (Å²) in [6.45, 7) is 6.21. The maximum absolute atomic E-state index is 12.8. The number of carbonyl (C=O) groups is 1. The lowest BCUT2D eigenvalue weighted by Gasteiger charge is -2.32. The van der Waals surface area contributed by atoms with Crippen LogP contribution in [0.4, 0.5) is 5.69 Å². The number of para-hydroxylation sites is 1. The molecule has 1 aromatic heterocycles. The van der Waals surface area contributed by atoms with E-state index in [2.05, 4.69) is 31.9 Å². The molecule has 3 aromatic rings. The normalized spacial score (nSPS) is 16.2. The van der Waals surface area contributed by atoms with E-state index in [1.54, 1.807) is 7.11 Å². The summed E-state index contributed by atoms with van der Waals surface area (Å²) in [5.74, 6) is 1.61. The van der Waals surface area contributed by atoms with E-state index in [-0.39, 0.29) is 17.2 Å². The molecule has 33 heavy (non-hydrogen) atoms. The Morgan fingerprint density at radius 1 is 1.00 bits per heavy atom. The molecule has 1 aliphatic heterocycles. The van der Waals surface area contributed by atoms with Crippen molar-refractivity contribution in [1.82, 2.24) is 19.7 Å². The van der Waals surface area contributed by atoms with Gasteiger partial charge >= 0.3 is 0 Å². The number of likely N-dealkylation sites (tertiary alicyclic amines) is 1. The Kier molecular flexibility index (Phi) is 7.67. The van der Waals surface area contributed by atoms with Crippen molar-refractivity contribution >= 4 is 23.4 Å². The predicted octanol–water partition coefficient (Wildman–Crippen LogP) is 4.94. The van der Waals surface area contributed by atoms with Gasteiger partial charge in [-0.25, -0.2) is 0 Å². The molecule has 1 amide bonds. The Morgan fingerprint density at radius 3 is 2.36 bits per heavy atom. The molecule has 1 saturated heterocycles. The molecular weight excluding hydrogens is 434 g/mol. The van der Waals surface area contributed by atoms with Crippen LogP contribution < -0.4 is 10.1 Å². The fourth-order valence-corrected chi connectivity index (χ4v) is 4.92. The summed E-state index contributed by atoms with van der Waals surface area (Å²) >= 11 is 1.41. The van der Waals surface area contributed by atoms with Crippen molar-refractivity contribution < 1.29 is 9.53 Å². The Labute approximate surface area is 199 Å². The van der Waals surface area contributed by atoms with Gasteiger partial charge in [0.2, 0.25) is 5.91 Å². The van der Waals surface area contributed by atoms with Crippen LogP contribution in [-0.4, -0.2) is 51.0 Å². The first-order valence-corrected chi connectivity index (χ1v) is 12.3. The molecule has 2 heterocycles. The summed E-state index contributed by atoms with van der Waals surface area (Å²) in [6, 6.07) is 17.5. The smallest absolute Gasteiger partial charge is 0.237 e. The lowest BCUT2D eigenvalue weighted by molar-refractivity contribution is -0.115. The largest absolute Gasteiger partial charge is 0.497 e. The number of carbonyl (C=O) groups excluding carboxylic acids is 1. The van der Waals surface area contributed by atoms with Crippen molar-refractivity contribution in [2.75, 3.05) is 25.5 Å². The van der Waals surface area contributed by atoms with Crippen molar-refractivity contribution in [3.05, 3.63) is 60.4 Å². The number of nitrogens with zero attached hydrogens (tertiary/aromatic N) is 4. The van der Waals surface area contributed by atoms with Gasteiger partial charge in [0, 0.05) is 11.4 Å². The topological polar surface area (TPSA) is 72.3 Å². The molecule has 4 rings (SSSR count). The number of rotatable bonds is 8. The first-order valence-electron chi connectivity index (χ1n) is 11.4. The van der Waals surface area contributed by atoms with Crippen LogP contribution in [0.2, 0.25) is 0 Å². The minimum atomic E-state index is -0.343. The highest BCUT2D eigenvalue weighted by atomic mass is 32.2. The first-order chi connectivity index (χ1) is 16.1. The van der Waals surface area contributed by atoms with Gasteiger partial charge in [0.1, 0.15) is 5.75 Å². The zero-order valence-corrected chi connectivity index (χ0v) is 20.2. The lowest BCUT2D eigenvalue weighted by Crippen LogP contribution is -2.33. The molecule has 0 aliphatic carbocycles. The van der Waals surface area contributed by atoms with E-state index in [0.717, 1.165) is 36.0 Å². The Balaban J connectivity index is 1.61. The van der Waals surface area contributed by atoms with Crippen LogP contribution in [-0.2, 0) is 4.79 Å². The molecule has 174 valence electrons. The fourth-order valence-electron chi connectivity index (χ4n) is 4.05. The van der Waals surface area contributed by atoms with Crippen LogP contribution in [0.3, 0.4) is 0 Å². The summed E-state index contributed by atoms with van der Waals surface area (Å²) in [4.78, 5) is 15.3. The van der Waals surface area contributed by atoms with E-state index in [1.165, 1.54) is 31.0 Å². The highest BCUT2D eigenvalue weighted by Crippen LogP contribution is 2.32. The molecule has 2 atom stereocenters. The Hall–Kier alpha value is -2.84. The van der Waals surface area contributed by atoms with Crippen LogP contribution in [0.1, 0.15) is 45.0 Å². The molecule has 7 nitrogen and oxygen atoms in total. The molecule has 0 radical (unpaired) electrons. The Morgan fingerprint density at radius 2 is 1.70 bits per heavy atom. The number of thioether (sulfide) groups is 1. The molecule has 1 N–H and O–H groups in total. The zero-order valence-electron chi connectivity index (χ0n) is 19.4. The number of anilines is 1. The fraction of sp³-hybridized carbons (Fsp3) is 0.400. The second-order valence-electron chi connectivity index (χ2n) is 8.26. The highest BCUT2D eigenvalue weighted by Gasteiger charge is 2.27. The summed E-state index contributed by atoms with van der Waals surface area (Å²) in [7, 11) is 1.66. The third-order valence-corrected chi connectivity index (χ3v) is 7.04. The lowest BCUT2D eigenvalue weighted by atomic mass is 10.1. The van der Waals surface area contributed by atoms with Crippen molar-refractivity contribution in [1.29, 1.82) is 0 Å². The quantitative estimate of drug-likeness (QED) is 0.475. The van der Waals surface area contributed by atoms with Gasteiger partial charge in [-0.05, 0) is 76.2 Å². The number of hydrogen-bond donors (Lipinski definition) is 1. The number of methoxy groups -OCH3 is 1. The standard InChI is InChI=1S/C25H31N5O2S/c1-18(29-16-8-5-9-17-29)23-27-28-25(30(23)21-12-14-22(32-3)15-13-21)33-19(2)24(31)26-20-10-6-4-7-11-20/h4,6-7,10-15,18-19H,5,8-9,16-17H2,1-3H3,(H,26,31)/t18-,19-/m1/s1. The highest BCUT2D eigenvalue weighted by molar-refractivity contribution is 8.00. The summed E-state index contributed by atoms with van der Waals surface area (Å²) in [5.41, 5.74) is 1.74. The van der Waals surface area contributed by atoms with E-state index in [9.17, 15) is 4.79 Å². The number of hydrogen-bond acceptors (Lipinski definition) is 6. The minimum absolute atomic E-state index is 0.0684. The summed E-state index contributed by atoms with van der Waals surface area (Å²) in [6.07, 6.45) is 3.70.